The molecule has 116 valence electrons. The largest absolute Gasteiger partial charge is 0.481 e. The highest BCUT2D eigenvalue weighted by atomic mass is 16.5. The predicted octanol–water partition coefficient (Wildman–Crippen LogP) is 0.379. The fourth-order valence-corrected chi connectivity index (χ4v) is 1.52. The molecule has 0 bridgehead atoms. The standard InChI is InChI=1S/C13H19N3O5/c1-20-10(5-12(17)18)8-16-13(19)15-7-9-3-4-11(21-2)14-6-9/h3-4,6,10H,5,7-8H2,1-2H3,(H,17,18)(H2,15,16,19). The first-order valence-corrected chi connectivity index (χ1v) is 6.30. The highest BCUT2D eigenvalue weighted by molar-refractivity contribution is 5.74. The van der Waals surface area contributed by atoms with Crippen LogP contribution >= 0.6 is 0 Å². The van der Waals surface area contributed by atoms with Crippen LogP contribution in [-0.4, -0.2) is 49.0 Å². The molecule has 0 aliphatic heterocycles. The molecule has 0 aliphatic carbocycles. The lowest BCUT2D eigenvalue weighted by atomic mass is 10.2. The van der Waals surface area contributed by atoms with Crippen molar-refractivity contribution in [3.8, 4) is 5.88 Å². The molecular weight excluding hydrogens is 278 g/mol. The van der Waals surface area contributed by atoms with Gasteiger partial charge in [0.15, 0.2) is 0 Å². The average molecular weight is 297 g/mol. The molecular formula is C13H19N3O5. The smallest absolute Gasteiger partial charge is 0.315 e. The third kappa shape index (κ3) is 6.57. The zero-order valence-electron chi connectivity index (χ0n) is 12.0. The maximum absolute atomic E-state index is 11.6. The molecule has 1 heterocycles. The lowest BCUT2D eigenvalue weighted by molar-refractivity contribution is -0.139. The van der Waals surface area contributed by atoms with Crippen LogP contribution in [0, 0.1) is 0 Å². The van der Waals surface area contributed by atoms with E-state index in [4.69, 9.17) is 14.6 Å². The van der Waals surface area contributed by atoms with Crippen LogP contribution in [0.25, 0.3) is 0 Å². The van der Waals surface area contributed by atoms with Gasteiger partial charge >= 0.3 is 12.0 Å². The summed E-state index contributed by atoms with van der Waals surface area (Å²) in [5, 5.41) is 13.8. The molecule has 0 spiro atoms. The third-order valence-corrected chi connectivity index (χ3v) is 2.69. The summed E-state index contributed by atoms with van der Waals surface area (Å²) >= 11 is 0. The van der Waals surface area contributed by atoms with Crippen LogP contribution in [0.1, 0.15) is 12.0 Å². The minimum absolute atomic E-state index is 0.121. The molecule has 3 N–H and O–H groups in total. The third-order valence-electron chi connectivity index (χ3n) is 2.69. The Hall–Kier alpha value is -2.35. The van der Waals surface area contributed by atoms with E-state index in [1.807, 2.05) is 0 Å². The number of hydrogen-bond donors (Lipinski definition) is 3. The average Bonchev–Trinajstić information content (AvgIpc) is 2.49. The van der Waals surface area contributed by atoms with Gasteiger partial charge in [0.1, 0.15) is 0 Å². The number of carboxylic acids is 1. The van der Waals surface area contributed by atoms with E-state index in [-0.39, 0.29) is 13.0 Å². The highest BCUT2D eigenvalue weighted by Gasteiger charge is 2.13. The summed E-state index contributed by atoms with van der Waals surface area (Å²) in [6, 6.07) is 3.08. The predicted molar refractivity (Wildman–Crippen MR) is 74.1 cm³/mol. The van der Waals surface area contributed by atoms with Crippen LogP contribution in [0.4, 0.5) is 4.79 Å². The molecule has 0 fully saturated rings. The lowest BCUT2D eigenvalue weighted by Gasteiger charge is -2.14. The fourth-order valence-electron chi connectivity index (χ4n) is 1.52. The van der Waals surface area contributed by atoms with Crippen LogP contribution in [0.15, 0.2) is 18.3 Å². The van der Waals surface area contributed by atoms with Crippen LogP contribution in [-0.2, 0) is 16.1 Å². The number of nitrogens with zero attached hydrogens (tertiary/aromatic N) is 1. The highest BCUT2D eigenvalue weighted by Crippen LogP contribution is 2.06. The lowest BCUT2D eigenvalue weighted by Crippen LogP contribution is -2.40. The van der Waals surface area contributed by atoms with Gasteiger partial charge in [-0.1, -0.05) is 6.07 Å². The van der Waals surface area contributed by atoms with Gasteiger partial charge in [0.2, 0.25) is 5.88 Å². The van der Waals surface area contributed by atoms with E-state index in [1.165, 1.54) is 14.2 Å². The number of rotatable bonds is 8. The van der Waals surface area contributed by atoms with Crippen LogP contribution < -0.4 is 15.4 Å². The van der Waals surface area contributed by atoms with Crippen molar-refractivity contribution in [2.75, 3.05) is 20.8 Å². The van der Waals surface area contributed by atoms with Crippen molar-refractivity contribution in [1.29, 1.82) is 0 Å². The first kappa shape index (κ1) is 16.7. The summed E-state index contributed by atoms with van der Waals surface area (Å²) in [4.78, 5) is 26.1. The van der Waals surface area contributed by atoms with Crippen molar-refractivity contribution in [2.45, 2.75) is 19.1 Å². The van der Waals surface area contributed by atoms with E-state index in [2.05, 4.69) is 15.6 Å². The SMILES string of the molecule is COc1ccc(CNC(=O)NCC(CC(=O)O)OC)cn1. The van der Waals surface area contributed by atoms with Gasteiger partial charge in [-0.2, -0.15) is 0 Å². The molecule has 2 amide bonds. The summed E-state index contributed by atoms with van der Waals surface area (Å²) < 4.78 is 9.88. The molecule has 0 radical (unpaired) electrons. The minimum Gasteiger partial charge on any atom is -0.481 e. The van der Waals surface area contributed by atoms with Crippen molar-refractivity contribution in [3.63, 3.8) is 0 Å². The molecule has 1 aromatic rings. The Morgan fingerprint density at radius 2 is 2.10 bits per heavy atom. The Morgan fingerprint density at radius 1 is 1.33 bits per heavy atom. The molecule has 1 unspecified atom stereocenters. The van der Waals surface area contributed by atoms with Crippen molar-refractivity contribution >= 4 is 12.0 Å². The van der Waals surface area contributed by atoms with E-state index in [0.29, 0.717) is 12.4 Å². The molecule has 0 saturated heterocycles. The Bertz CT molecular complexity index is 463. The number of methoxy groups -OCH3 is 2. The van der Waals surface area contributed by atoms with Crippen molar-refractivity contribution in [3.05, 3.63) is 23.9 Å². The van der Waals surface area contributed by atoms with Gasteiger partial charge in [0, 0.05) is 32.5 Å². The number of hydrogen-bond acceptors (Lipinski definition) is 5. The maximum atomic E-state index is 11.6. The fraction of sp³-hybridized carbons (Fsp3) is 0.462. The molecule has 21 heavy (non-hydrogen) atoms. The summed E-state index contributed by atoms with van der Waals surface area (Å²) in [5.74, 6) is -0.479. The zero-order valence-corrected chi connectivity index (χ0v) is 12.0. The quantitative estimate of drug-likeness (QED) is 0.640. The van der Waals surface area contributed by atoms with Crippen molar-refractivity contribution < 1.29 is 24.2 Å². The summed E-state index contributed by atoms with van der Waals surface area (Å²) in [6.07, 6.45) is 0.872. The van der Waals surface area contributed by atoms with Gasteiger partial charge in [-0.25, -0.2) is 9.78 Å². The monoisotopic (exact) mass is 297 g/mol. The normalized spacial score (nSPS) is 11.5. The summed E-state index contributed by atoms with van der Waals surface area (Å²) in [6.45, 7) is 0.425. The molecule has 1 rings (SSSR count). The number of carboxylic acid groups (broad SMARTS) is 1. The first-order valence-electron chi connectivity index (χ1n) is 6.30. The van der Waals surface area contributed by atoms with Gasteiger partial charge in [-0.05, 0) is 5.56 Å². The Labute approximate surface area is 122 Å². The van der Waals surface area contributed by atoms with E-state index in [9.17, 15) is 9.59 Å². The number of aromatic nitrogens is 1. The molecule has 8 nitrogen and oxygen atoms in total. The number of nitrogens with one attached hydrogen (secondary N) is 2. The zero-order chi connectivity index (χ0) is 15.7. The van der Waals surface area contributed by atoms with Crippen molar-refractivity contribution in [1.82, 2.24) is 15.6 Å². The van der Waals surface area contributed by atoms with Gasteiger partial charge in [0.05, 0.1) is 19.6 Å². The number of ether oxygens (including phenoxy) is 2. The Kier molecular flexibility index (Phi) is 6.96. The minimum atomic E-state index is -0.978. The second kappa shape index (κ2) is 8.75. The second-order valence-corrected chi connectivity index (χ2v) is 4.23. The van der Waals surface area contributed by atoms with Crippen LogP contribution in [0.3, 0.4) is 0 Å². The van der Waals surface area contributed by atoms with Gasteiger partial charge in [-0.15, -0.1) is 0 Å². The molecule has 0 saturated carbocycles. The molecule has 0 aromatic carbocycles. The number of urea groups is 1. The summed E-state index contributed by atoms with van der Waals surface area (Å²) in [5.41, 5.74) is 0.819. The Balaban J connectivity index is 2.31. The maximum Gasteiger partial charge on any atom is 0.315 e. The summed E-state index contributed by atoms with van der Waals surface area (Å²) in [7, 11) is 2.92. The van der Waals surface area contributed by atoms with Crippen LogP contribution in [0.2, 0.25) is 0 Å². The number of carbonyl (C=O) groups excluding carboxylic acids is 1. The number of amides is 2. The number of aliphatic carboxylic acids is 1. The number of pyridine rings is 1. The van der Waals surface area contributed by atoms with E-state index >= 15 is 0 Å². The van der Waals surface area contributed by atoms with Gasteiger partial charge in [-0.3, -0.25) is 4.79 Å². The second-order valence-electron chi connectivity index (χ2n) is 4.23. The topological polar surface area (TPSA) is 110 Å². The Morgan fingerprint density at radius 3 is 2.62 bits per heavy atom. The number of carbonyl (C=O) groups is 2. The van der Waals surface area contributed by atoms with Crippen molar-refractivity contribution in [2.24, 2.45) is 0 Å². The van der Waals surface area contributed by atoms with Gasteiger partial charge < -0.3 is 25.2 Å². The molecule has 8 heteroatoms. The van der Waals surface area contributed by atoms with E-state index in [1.54, 1.807) is 18.3 Å². The molecule has 1 aromatic heterocycles. The van der Waals surface area contributed by atoms with Crippen LogP contribution in [0.5, 0.6) is 5.88 Å². The first-order chi connectivity index (χ1) is 10.0. The molecule has 1 atom stereocenters. The van der Waals surface area contributed by atoms with E-state index < -0.39 is 18.1 Å². The van der Waals surface area contributed by atoms with Gasteiger partial charge in [0.25, 0.3) is 0 Å². The molecule has 0 aliphatic rings. The van der Waals surface area contributed by atoms with E-state index in [0.717, 1.165) is 5.56 Å².